The zero-order valence-electron chi connectivity index (χ0n) is 20.4. The molecule has 0 amide bonds. The lowest BCUT2D eigenvalue weighted by atomic mass is 9.71. The van der Waals surface area contributed by atoms with Crippen molar-refractivity contribution >= 4 is 20.2 Å². The van der Waals surface area contributed by atoms with Crippen molar-refractivity contribution in [2.24, 2.45) is 11.3 Å². The summed E-state index contributed by atoms with van der Waals surface area (Å²) in [5.41, 5.74) is -4.10. The summed E-state index contributed by atoms with van der Waals surface area (Å²) >= 11 is 0. The first-order chi connectivity index (χ1) is 17.9. The predicted molar refractivity (Wildman–Crippen MR) is 102 cm³/mol. The molecule has 254 valence electrons. The fourth-order valence-corrected chi connectivity index (χ4v) is 3.71. The molecule has 0 rings (SSSR count). The largest absolute Gasteiger partial charge is 0.460 e. The van der Waals surface area contributed by atoms with Gasteiger partial charge in [-0.05, 0) is 19.3 Å². The zero-order chi connectivity index (χ0) is 34.6. The number of rotatable bonds is 16. The van der Waals surface area contributed by atoms with E-state index < -0.39 is 97.6 Å². The van der Waals surface area contributed by atoms with Gasteiger partial charge in [-0.3, -0.25) is 9.11 Å². The second-order valence-corrected chi connectivity index (χ2v) is 11.6. The van der Waals surface area contributed by atoms with Crippen LogP contribution in [0.15, 0.2) is 0 Å². The van der Waals surface area contributed by atoms with Crippen molar-refractivity contribution in [2.75, 3.05) is 0 Å². The normalized spacial score (nSPS) is 18.1. The van der Waals surface area contributed by atoms with E-state index in [0.717, 1.165) is 0 Å². The summed E-state index contributed by atoms with van der Waals surface area (Å²) in [4.78, 5) is 0. The molecule has 0 radical (unpaired) electrons. The van der Waals surface area contributed by atoms with Crippen LogP contribution in [0.25, 0.3) is 0 Å². The Bertz CT molecular complexity index is 1190. The lowest BCUT2D eigenvalue weighted by Crippen LogP contribution is -2.61. The van der Waals surface area contributed by atoms with Gasteiger partial charge in [-0.25, -0.2) is 9.47 Å². The third-order valence-corrected chi connectivity index (χ3v) is 7.60. The van der Waals surface area contributed by atoms with Gasteiger partial charge in [-0.2, -0.15) is 87.1 Å². The molecule has 0 saturated carbocycles. The Morgan fingerprint density at radius 3 is 1.17 bits per heavy atom. The Kier molecular flexibility index (Phi) is 10.8. The molecule has 2 N–H and O–H groups in total. The average Bonchev–Trinajstić information content (AvgIpc) is 2.73. The summed E-state index contributed by atoms with van der Waals surface area (Å²) in [6.45, 7) is 0.445. The standard InChI is InChI=1S/C16H18F16O8S2/c1-4-7(9(17,18)11(21,22)39-13(25,26)15(29,30)41(33,34)35)6-8(3,5-2)10(19,20)12(23,24)40-14(27,28)16(31,32)42(36,37)38/h7H,4-6H2,1-3H3,(H,33,34,35)(H,36,37,38). The topological polar surface area (TPSA) is 127 Å². The minimum absolute atomic E-state index is 0.262. The Morgan fingerprint density at radius 2 is 0.905 bits per heavy atom. The lowest BCUT2D eigenvalue weighted by Gasteiger charge is -2.44. The molecule has 26 heteroatoms. The van der Waals surface area contributed by atoms with E-state index in [1.54, 1.807) is 0 Å². The van der Waals surface area contributed by atoms with Crippen LogP contribution in [0.4, 0.5) is 70.2 Å². The van der Waals surface area contributed by atoms with Gasteiger partial charge in [-0.15, -0.1) is 0 Å². The van der Waals surface area contributed by atoms with Gasteiger partial charge in [0, 0.05) is 11.3 Å². The molecule has 0 bridgehead atoms. The van der Waals surface area contributed by atoms with Crippen LogP contribution in [0.2, 0.25) is 0 Å². The number of ether oxygens (including phenoxy) is 2. The molecule has 2 unspecified atom stereocenters. The van der Waals surface area contributed by atoms with E-state index >= 15 is 0 Å². The maximum atomic E-state index is 14.8. The summed E-state index contributed by atoms with van der Waals surface area (Å²) in [6, 6.07) is 0. The first-order valence-electron chi connectivity index (χ1n) is 10.3. The molecule has 0 saturated heterocycles. The highest BCUT2D eigenvalue weighted by Crippen LogP contribution is 2.58. The van der Waals surface area contributed by atoms with Gasteiger partial charge in [0.05, 0.1) is 0 Å². The van der Waals surface area contributed by atoms with Crippen LogP contribution in [-0.4, -0.2) is 72.7 Å². The first kappa shape index (κ1) is 40.6. The molecule has 0 aromatic heterocycles. The van der Waals surface area contributed by atoms with Crippen molar-refractivity contribution in [3.63, 3.8) is 0 Å². The molecule has 0 aliphatic carbocycles. The van der Waals surface area contributed by atoms with Crippen molar-refractivity contribution in [2.45, 2.75) is 86.8 Å². The molecule has 0 spiro atoms. The van der Waals surface area contributed by atoms with Crippen molar-refractivity contribution in [3.05, 3.63) is 0 Å². The van der Waals surface area contributed by atoms with Crippen LogP contribution in [0.1, 0.15) is 40.0 Å². The van der Waals surface area contributed by atoms with E-state index in [2.05, 4.69) is 0 Å². The van der Waals surface area contributed by atoms with E-state index in [9.17, 15) is 87.1 Å². The minimum atomic E-state index is -7.36. The van der Waals surface area contributed by atoms with Crippen molar-refractivity contribution in [1.29, 1.82) is 0 Å². The second-order valence-electron chi connectivity index (χ2n) is 8.68. The zero-order valence-corrected chi connectivity index (χ0v) is 22.0. The summed E-state index contributed by atoms with van der Waals surface area (Å²) in [5, 5.41) is -14.1. The highest BCUT2D eigenvalue weighted by molar-refractivity contribution is 7.87. The molecule has 0 fully saturated rings. The molecule has 0 aromatic carbocycles. The van der Waals surface area contributed by atoms with Gasteiger partial charge >= 0.3 is 67.0 Å². The van der Waals surface area contributed by atoms with Gasteiger partial charge < -0.3 is 0 Å². The molecule has 0 aliphatic rings. The van der Waals surface area contributed by atoms with E-state index in [1.807, 2.05) is 9.47 Å². The summed E-state index contributed by atoms with van der Waals surface area (Å²) in [6.07, 6.45) is -34.3. The fourth-order valence-electron chi connectivity index (χ4n) is 3.03. The van der Waals surface area contributed by atoms with Crippen molar-refractivity contribution < 1.29 is 106 Å². The number of hydrogen-bond acceptors (Lipinski definition) is 6. The van der Waals surface area contributed by atoms with Crippen molar-refractivity contribution in [3.8, 4) is 0 Å². The Balaban J connectivity index is 6.68. The smallest absolute Gasteiger partial charge is 0.281 e. The van der Waals surface area contributed by atoms with Crippen LogP contribution in [-0.2, 0) is 29.7 Å². The highest BCUT2D eigenvalue weighted by Gasteiger charge is 2.78. The quantitative estimate of drug-likeness (QED) is 0.139. The average molecular weight is 706 g/mol. The van der Waals surface area contributed by atoms with Crippen LogP contribution < -0.4 is 0 Å². The van der Waals surface area contributed by atoms with E-state index in [-0.39, 0.29) is 6.92 Å². The van der Waals surface area contributed by atoms with Gasteiger partial charge in [0.15, 0.2) is 0 Å². The lowest BCUT2D eigenvalue weighted by molar-refractivity contribution is -0.473. The molecular weight excluding hydrogens is 688 g/mol. The van der Waals surface area contributed by atoms with Crippen LogP contribution >= 0.6 is 0 Å². The molecule has 0 heterocycles. The molecule has 8 nitrogen and oxygen atoms in total. The Labute approximate surface area is 224 Å². The number of alkyl halides is 16. The second kappa shape index (κ2) is 11.2. The van der Waals surface area contributed by atoms with Crippen LogP contribution in [0.5, 0.6) is 0 Å². The fraction of sp³-hybridized carbons (Fsp3) is 1.00. The van der Waals surface area contributed by atoms with Crippen LogP contribution in [0.3, 0.4) is 0 Å². The molecule has 2 atom stereocenters. The molecule has 42 heavy (non-hydrogen) atoms. The van der Waals surface area contributed by atoms with Crippen LogP contribution in [0, 0.1) is 11.3 Å². The summed E-state index contributed by atoms with van der Waals surface area (Å²) in [5.74, 6) is -16.6. The highest BCUT2D eigenvalue weighted by atomic mass is 32.2. The maximum absolute atomic E-state index is 14.8. The van der Waals surface area contributed by atoms with Gasteiger partial charge in [0.1, 0.15) is 0 Å². The third kappa shape index (κ3) is 6.81. The van der Waals surface area contributed by atoms with E-state index in [1.165, 1.54) is 0 Å². The van der Waals surface area contributed by atoms with Gasteiger partial charge in [-0.1, -0.05) is 20.8 Å². The van der Waals surface area contributed by atoms with E-state index in [0.29, 0.717) is 13.8 Å². The third-order valence-electron chi connectivity index (χ3n) is 5.83. The number of halogens is 16. The first-order valence-corrected chi connectivity index (χ1v) is 13.1. The monoisotopic (exact) mass is 706 g/mol. The SMILES string of the molecule is CCC(CC(C)(CC)C(F)(F)C(F)(F)OC(F)(F)C(F)(F)S(=O)(=O)O)C(F)(F)C(F)(F)OC(F)(F)C(F)(F)S(=O)(=O)O. The molecule has 0 aromatic rings. The predicted octanol–water partition coefficient (Wildman–Crippen LogP) is 6.46. The van der Waals surface area contributed by atoms with Gasteiger partial charge in [0.2, 0.25) is 0 Å². The van der Waals surface area contributed by atoms with E-state index in [4.69, 9.17) is 9.11 Å². The summed E-state index contributed by atoms with van der Waals surface area (Å²) in [7, 11) is -14.7. The molecular formula is C16H18F16O8S2. The van der Waals surface area contributed by atoms with Crippen molar-refractivity contribution in [1.82, 2.24) is 0 Å². The maximum Gasteiger partial charge on any atom is 0.460 e. The Hall–Kier alpha value is -1.38. The number of hydrogen-bond donors (Lipinski definition) is 2. The Morgan fingerprint density at radius 1 is 0.595 bits per heavy atom. The molecule has 0 aliphatic heterocycles. The summed E-state index contributed by atoms with van der Waals surface area (Å²) < 4.78 is 283. The van der Waals surface area contributed by atoms with Gasteiger partial charge in [0.25, 0.3) is 0 Å². The minimum Gasteiger partial charge on any atom is -0.281 e.